The number of hydrogen-bond acceptors (Lipinski definition) is 6. The summed E-state index contributed by atoms with van der Waals surface area (Å²) in [5.41, 5.74) is 2.97. The molecule has 1 N–H and O–H groups in total. The fourth-order valence-electron chi connectivity index (χ4n) is 3.69. The van der Waals surface area contributed by atoms with Crippen molar-refractivity contribution in [1.82, 2.24) is 0 Å². The quantitative estimate of drug-likeness (QED) is 0.411. The third-order valence-electron chi connectivity index (χ3n) is 5.24. The normalized spacial score (nSPS) is 10.8. The van der Waals surface area contributed by atoms with E-state index in [2.05, 4.69) is 0 Å². The van der Waals surface area contributed by atoms with Crippen molar-refractivity contribution in [3.05, 3.63) is 60.2 Å². The van der Waals surface area contributed by atoms with Crippen LogP contribution in [-0.2, 0) is 0 Å². The minimum atomic E-state index is -1.02. The predicted octanol–water partition coefficient (Wildman–Crippen LogP) is 5.50. The van der Waals surface area contributed by atoms with Crippen molar-refractivity contribution >= 4 is 16.9 Å². The van der Waals surface area contributed by atoms with Crippen LogP contribution >= 0.6 is 0 Å². The zero-order valence-corrected chi connectivity index (χ0v) is 18.1. The number of carboxylic acid groups (broad SMARTS) is 1. The number of furan rings is 1. The van der Waals surface area contributed by atoms with E-state index in [1.54, 1.807) is 33.5 Å². The molecule has 4 rings (SSSR count). The van der Waals surface area contributed by atoms with Gasteiger partial charge in [0, 0.05) is 16.5 Å². The Bertz CT molecular complexity index is 1260. The molecule has 0 aliphatic rings. The van der Waals surface area contributed by atoms with Gasteiger partial charge in [0.2, 0.25) is 5.75 Å². The van der Waals surface area contributed by atoms with Crippen LogP contribution in [0.25, 0.3) is 33.4 Å². The number of methoxy groups -OCH3 is 4. The molecule has 1 heterocycles. The van der Waals surface area contributed by atoms with Crippen molar-refractivity contribution in [2.75, 3.05) is 28.4 Å². The number of ether oxygens (including phenoxy) is 4. The Morgan fingerprint density at radius 3 is 1.97 bits per heavy atom. The van der Waals surface area contributed by atoms with Crippen LogP contribution in [0.15, 0.2) is 59.0 Å². The molecular formula is C25H22O7. The van der Waals surface area contributed by atoms with Gasteiger partial charge in [0.15, 0.2) is 11.5 Å². The maximum atomic E-state index is 11.6. The molecule has 3 aromatic carbocycles. The zero-order chi connectivity index (χ0) is 22.8. The molecule has 7 nitrogen and oxygen atoms in total. The number of carbonyl (C=O) groups is 1. The molecule has 164 valence electrons. The Morgan fingerprint density at radius 2 is 1.44 bits per heavy atom. The van der Waals surface area contributed by atoms with E-state index in [1.165, 1.54) is 13.2 Å². The summed E-state index contributed by atoms with van der Waals surface area (Å²) in [5, 5.41) is 10.2. The second-order valence-corrected chi connectivity index (χ2v) is 6.96. The average Bonchev–Trinajstić information content (AvgIpc) is 3.21. The van der Waals surface area contributed by atoms with Crippen LogP contribution in [0.2, 0.25) is 0 Å². The van der Waals surface area contributed by atoms with Gasteiger partial charge in [-0.2, -0.15) is 0 Å². The molecule has 0 atom stereocenters. The largest absolute Gasteiger partial charge is 0.497 e. The van der Waals surface area contributed by atoms with Crippen molar-refractivity contribution < 1.29 is 33.3 Å². The van der Waals surface area contributed by atoms with Crippen LogP contribution in [-0.4, -0.2) is 39.5 Å². The average molecular weight is 434 g/mol. The second-order valence-electron chi connectivity index (χ2n) is 6.96. The van der Waals surface area contributed by atoms with Crippen LogP contribution in [0.1, 0.15) is 10.4 Å². The molecule has 0 saturated carbocycles. The van der Waals surface area contributed by atoms with E-state index in [0.717, 1.165) is 11.1 Å². The van der Waals surface area contributed by atoms with Crippen LogP contribution < -0.4 is 18.9 Å². The fourth-order valence-corrected chi connectivity index (χ4v) is 3.69. The van der Waals surface area contributed by atoms with Gasteiger partial charge in [0.05, 0.1) is 34.0 Å². The summed E-state index contributed by atoms with van der Waals surface area (Å²) in [6, 6.07) is 15.9. The minimum absolute atomic E-state index is 0.160. The van der Waals surface area contributed by atoms with Gasteiger partial charge in [-0.05, 0) is 60.2 Å². The summed E-state index contributed by atoms with van der Waals surface area (Å²) in [4.78, 5) is 11.6. The number of aromatic carboxylic acids is 1. The lowest BCUT2D eigenvalue weighted by molar-refractivity contribution is 0.0697. The van der Waals surface area contributed by atoms with E-state index in [-0.39, 0.29) is 5.56 Å². The predicted molar refractivity (Wildman–Crippen MR) is 120 cm³/mol. The van der Waals surface area contributed by atoms with Crippen molar-refractivity contribution in [2.45, 2.75) is 0 Å². The van der Waals surface area contributed by atoms with Gasteiger partial charge in [-0.25, -0.2) is 4.79 Å². The Balaban J connectivity index is 2.05. The van der Waals surface area contributed by atoms with Gasteiger partial charge in [0.25, 0.3) is 0 Å². The van der Waals surface area contributed by atoms with Gasteiger partial charge in [-0.1, -0.05) is 0 Å². The van der Waals surface area contributed by atoms with E-state index in [9.17, 15) is 9.90 Å². The third kappa shape index (κ3) is 3.58. The topological polar surface area (TPSA) is 87.4 Å². The number of fused-ring (bicyclic) bond motifs is 1. The van der Waals surface area contributed by atoms with Gasteiger partial charge < -0.3 is 28.5 Å². The molecule has 0 aliphatic heterocycles. The van der Waals surface area contributed by atoms with Gasteiger partial charge in [0.1, 0.15) is 17.1 Å². The standard InChI is InChI=1S/C25H22O7/c1-28-17-8-5-14(6-9-17)23-22(18-11-15(25(26)27)7-10-19(18)32-23)16-12-20(29-2)24(31-4)21(13-16)30-3/h5-13H,1-4H3,(H,26,27). The summed E-state index contributed by atoms with van der Waals surface area (Å²) >= 11 is 0. The highest BCUT2D eigenvalue weighted by Gasteiger charge is 2.22. The molecule has 0 spiro atoms. The lowest BCUT2D eigenvalue weighted by Gasteiger charge is -2.14. The molecule has 1 aromatic heterocycles. The van der Waals surface area contributed by atoms with Crippen LogP contribution in [0.4, 0.5) is 0 Å². The summed E-state index contributed by atoms with van der Waals surface area (Å²) in [6.07, 6.45) is 0. The van der Waals surface area contributed by atoms with E-state index in [0.29, 0.717) is 45.3 Å². The molecule has 0 radical (unpaired) electrons. The Morgan fingerprint density at radius 1 is 0.781 bits per heavy atom. The van der Waals surface area contributed by atoms with Crippen LogP contribution in [0.3, 0.4) is 0 Å². The Kier molecular flexibility index (Phi) is 5.64. The van der Waals surface area contributed by atoms with Crippen molar-refractivity contribution in [3.8, 4) is 45.4 Å². The summed E-state index contributed by atoms with van der Waals surface area (Å²) < 4.78 is 28.0. The van der Waals surface area contributed by atoms with E-state index < -0.39 is 5.97 Å². The van der Waals surface area contributed by atoms with E-state index >= 15 is 0 Å². The molecular weight excluding hydrogens is 412 g/mol. The fraction of sp³-hybridized carbons (Fsp3) is 0.160. The van der Waals surface area contributed by atoms with Crippen LogP contribution in [0, 0.1) is 0 Å². The van der Waals surface area contributed by atoms with Crippen molar-refractivity contribution in [2.24, 2.45) is 0 Å². The molecule has 0 saturated heterocycles. The molecule has 4 aromatic rings. The molecule has 32 heavy (non-hydrogen) atoms. The number of rotatable bonds is 7. The third-order valence-corrected chi connectivity index (χ3v) is 5.24. The first-order valence-electron chi connectivity index (χ1n) is 9.75. The van der Waals surface area contributed by atoms with Crippen molar-refractivity contribution in [1.29, 1.82) is 0 Å². The summed E-state index contributed by atoms with van der Waals surface area (Å²) in [5.74, 6) is 1.70. The van der Waals surface area contributed by atoms with Gasteiger partial charge >= 0.3 is 5.97 Å². The minimum Gasteiger partial charge on any atom is -0.497 e. The molecule has 0 bridgehead atoms. The lowest BCUT2D eigenvalue weighted by Crippen LogP contribution is -1.96. The second kappa shape index (κ2) is 8.55. The maximum Gasteiger partial charge on any atom is 0.335 e. The number of benzene rings is 3. The van der Waals surface area contributed by atoms with E-state index in [4.69, 9.17) is 23.4 Å². The molecule has 7 heteroatoms. The van der Waals surface area contributed by atoms with Crippen LogP contribution in [0.5, 0.6) is 23.0 Å². The van der Waals surface area contributed by atoms with Gasteiger partial charge in [-0.15, -0.1) is 0 Å². The van der Waals surface area contributed by atoms with Gasteiger partial charge in [-0.3, -0.25) is 0 Å². The highest BCUT2D eigenvalue weighted by Crippen LogP contribution is 2.47. The monoisotopic (exact) mass is 434 g/mol. The molecule has 0 fully saturated rings. The summed E-state index contributed by atoms with van der Waals surface area (Å²) in [6.45, 7) is 0. The Labute approximate surface area is 184 Å². The molecule has 0 unspecified atom stereocenters. The Hall–Kier alpha value is -4.13. The molecule has 0 amide bonds. The first kappa shape index (κ1) is 21.1. The molecule has 0 aliphatic carbocycles. The maximum absolute atomic E-state index is 11.6. The first-order chi connectivity index (χ1) is 15.5. The zero-order valence-electron chi connectivity index (χ0n) is 18.1. The highest BCUT2D eigenvalue weighted by atomic mass is 16.5. The number of carboxylic acids is 1. The van der Waals surface area contributed by atoms with Crippen molar-refractivity contribution in [3.63, 3.8) is 0 Å². The number of hydrogen-bond donors (Lipinski definition) is 1. The lowest BCUT2D eigenvalue weighted by atomic mass is 9.97. The SMILES string of the molecule is COc1ccc(-c2oc3ccc(C(=O)O)cc3c2-c2cc(OC)c(OC)c(OC)c2)cc1. The highest BCUT2D eigenvalue weighted by molar-refractivity contribution is 6.05. The smallest absolute Gasteiger partial charge is 0.335 e. The first-order valence-corrected chi connectivity index (χ1v) is 9.75. The summed E-state index contributed by atoms with van der Waals surface area (Å²) in [7, 11) is 6.23. The van der Waals surface area contributed by atoms with E-state index in [1.807, 2.05) is 36.4 Å².